The van der Waals surface area contributed by atoms with Gasteiger partial charge in [-0.1, -0.05) is 29.3 Å². The third-order valence-corrected chi connectivity index (χ3v) is 6.10. The monoisotopic (exact) mass is 442 g/mol. The van der Waals surface area contributed by atoms with Crippen LogP contribution in [0.2, 0.25) is 10.0 Å². The molecule has 0 atom stereocenters. The Kier molecular flexibility index (Phi) is 5.95. The molecule has 3 nitrogen and oxygen atoms in total. The minimum atomic E-state index is 0.526. The lowest BCUT2D eigenvalue weighted by atomic mass is 10.1. The van der Waals surface area contributed by atoms with Gasteiger partial charge in [0.05, 0.1) is 21.8 Å². The minimum absolute atomic E-state index is 0.526. The standard InChI is InChI=1S/C23H20Cl2N2OS/c1-3-28-22-16(11-17(24)12-19(22)25)13-26-18-7-5-15(6-8-18)23-27-20-9-4-14(2)10-21(20)29-23/h4-12,26H,3,13H2,1-2H3. The second kappa shape index (κ2) is 8.62. The third-order valence-electron chi connectivity index (χ3n) is 4.53. The topological polar surface area (TPSA) is 34.1 Å². The highest BCUT2D eigenvalue weighted by Crippen LogP contribution is 2.34. The molecule has 6 heteroatoms. The Balaban J connectivity index is 1.51. The summed E-state index contributed by atoms with van der Waals surface area (Å²) in [6.45, 7) is 5.15. The van der Waals surface area contributed by atoms with E-state index in [1.54, 1.807) is 17.4 Å². The van der Waals surface area contributed by atoms with Gasteiger partial charge in [0.25, 0.3) is 0 Å². The quantitative estimate of drug-likeness (QED) is 0.333. The summed E-state index contributed by atoms with van der Waals surface area (Å²) in [7, 11) is 0. The largest absolute Gasteiger partial charge is 0.492 e. The van der Waals surface area contributed by atoms with Crippen LogP contribution in [0.25, 0.3) is 20.8 Å². The summed E-state index contributed by atoms with van der Waals surface area (Å²) < 4.78 is 6.90. The Labute approximate surface area is 184 Å². The number of hydrogen-bond acceptors (Lipinski definition) is 4. The molecule has 0 spiro atoms. The first-order valence-corrected chi connectivity index (χ1v) is 10.9. The van der Waals surface area contributed by atoms with E-state index in [2.05, 4.69) is 54.7 Å². The molecule has 0 aliphatic carbocycles. The lowest BCUT2D eigenvalue weighted by molar-refractivity contribution is 0.337. The van der Waals surface area contributed by atoms with Gasteiger partial charge in [0.15, 0.2) is 0 Å². The summed E-state index contributed by atoms with van der Waals surface area (Å²) in [6.07, 6.45) is 0. The van der Waals surface area contributed by atoms with Crippen LogP contribution in [-0.4, -0.2) is 11.6 Å². The van der Waals surface area contributed by atoms with Gasteiger partial charge in [0.1, 0.15) is 10.8 Å². The molecule has 0 aliphatic heterocycles. The molecule has 1 aromatic heterocycles. The van der Waals surface area contributed by atoms with Crippen LogP contribution in [0.3, 0.4) is 0 Å². The van der Waals surface area contributed by atoms with Crippen LogP contribution < -0.4 is 10.1 Å². The number of thiazole rings is 1. The van der Waals surface area contributed by atoms with Gasteiger partial charge in [-0.15, -0.1) is 11.3 Å². The molecule has 4 aromatic rings. The molecule has 1 N–H and O–H groups in total. The number of rotatable bonds is 6. The van der Waals surface area contributed by atoms with Crippen molar-refractivity contribution in [1.29, 1.82) is 0 Å². The predicted molar refractivity (Wildman–Crippen MR) is 125 cm³/mol. The van der Waals surface area contributed by atoms with Crippen LogP contribution in [0.5, 0.6) is 5.75 Å². The number of fused-ring (bicyclic) bond motifs is 1. The summed E-state index contributed by atoms with van der Waals surface area (Å²) >= 11 is 14.2. The number of benzene rings is 3. The zero-order chi connectivity index (χ0) is 20.4. The van der Waals surface area contributed by atoms with E-state index >= 15 is 0 Å². The van der Waals surface area contributed by atoms with E-state index < -0.39 is 0 Å². The molecular weight excluding hydrogens is 423 g/mol. The smallest absolute Gasteiger partial charge is 0.142 e. The Morgan fingerprint density at radius 3 is 2.59 bits per heavy atom. The number of nitrogens with zero attached hydrogens (tertiary/aromatic N) is 1. The number of hydrogen-bond donors (Lipinski definition) is 1. The van der Waals surface area contributed by atoms with Gasteiger partial charge < -0.3 is 10.1 Å². The Morgan fingerprint density at radius 2 is 1.83 bits per heavy atom. The molecule has 0 fully saturated rings. The molecule has 0 bridgehead atoms. The van der Waals surface area contributed by atoms with Gasteiger partial charge in [0.2, 0.25) is 0 Å². The van der Waals surface area contributed by atoms with Crippen LogP contribution >= 0.6 is 34.5 Å². The fourth-order valence-electron chi connectivity index (χ4n) is 3.13. The fourth-order valence-corrected chi connectivity index (χ4v) is 4.79. The van der Waals surface area contributed by atoms with Crippen molar-refractivity contribution < 1.29 is 4.74 Å². The SMILES string of the molecule is CCOc1c(Cl)cc(Cl)cc1CNc1ccc(-c2nc3ccc(C)cc3s2)cc1. The van der Waals surface area contributed by atoms with Gasteiger partial charge >= 0.3 is 0 Å². The molecular formula is C23H20Cl2N2OS. The van der Waals surface area contributed by atoms with Crippen molar-refractivity contribution >= 4 is 50.4 Å². The number of ether oxygens (including phenoxy) is 1. The van der Waals surface area contributed by atoms with Gasteiger partial charge in [-0.2, -0.15) is 0 Å². The number of aryl methyl sites for hydroxylation is 1. The molecule has 0 amide bonds. The van der Waals surface area contributed by atoms with Crippen molar-refractivity contribution in [2.45, 2.75) is 20.4 Å². The zero-order valence-electron chi connectivity index (χ0n) is 16.1. The van der Waals surface area contributed by atoms with E-state index in [0.717, 1.165) is 27.3 Å². The second-order valence-corrected chi connectivity index (χ2v) is 8.60. The molecule has 0 saturated carbocycles. The van der Waals surface area contributed by atoms with Crippen molar-refractivity contribution in [3.63, 3.8) is 0 Å². The molecule has 3 aromatic carbocycles. The van der Waals surface area contributed by atoms with Gasteiger partial charge in [-0.25, -0.2) is 4.98 Å². The van der Waals surface area contributed by atoms with Crippen molar-refractivity contribution in [2.75, 3.05) is 11.9 Å². The molecule has 4 rings (SSSR count). The average molecular weight is 443 g/mol. The van der Waals surface area contributed by atoms with Crippen molar-refractivity contribution in [2.24, 2.45) is 0 Å². The molecule has 0 saturated heterocycles. The molecule has 0 aliphatic rings. The maximum absolute atomic E-state index is 6.28. The lowest BCUT2D eigenvalue weighted by Gasteiger charge is -2.14. The van der Waals surface area contributed by atoms with Crippen molar-refractivity contribution in [1.82, 2.24) is 4.98 Å². The van der Waals surface area contributed by atoms with Crippen molar-refractivity contribution in [3.8, 4) is 16.3 Å². The number of halogens is 2. The Bertz CT molecular complexity index is 1160. The van der Waals surface area contributed by atoms with Gasteiger partial charge in [0, 0.05) is 28.4 Å². The predicted octanol–water partition coefficient (Wildman–Crippen LogP) is 7.59. The zero-order valence-corrected chi connectivity index (χ0v) is 18.5. The molecule has 29 heavy (non-hydrogen) atoms. The number of anilines is 1. The van der Waals surface area contributed by atoms with E-state index in [4.69, 9.17) is 32.9 Å². The number of aromatic nitrogens is 1. The summed E-state index contributed by atoms with van der Waals surface area (Å²) in [4.78, 5) is 4.75. The third kappa shape index (κ3) is 4.50. The molecule has 0 radical (unpaired) electrons. The van der Waals surface area contributed by atoms with Crippen LogP contribution in [0.4, 0.5) is 5.69 Å². The Morgan fingerprint density at radius 1 is 1.03 bits per heavy atom. The van der Waals surface area contributed by atoms with Crippen LogP contribution in [0.1, 0.15) is 18.1 Å². The van der Waals surface area contributed by atoms with Crippen LogP contribution in [0.15, 0.2) is 54.6 Å². The first kappa shape index (κ1) is 20.0. The highest BCUT2D eigenvalue weighted by molar-refractivity contribution is 7.21. The first-order chi connectivity index (χ1) is 14.0. The lowest BCUT2D eigenvalue weighted by Crippen LogP contribution is -2.04. The fraction of sp³-hybridized carbons (Fsp3) is 0.174. The molecule has 1 heterocycles. The highest BCUT2D eigenvalue weighted by Gasteiger charge is 2.11. The molecule has 148 valence electrons. The average Bonchev–Trinajstić information content (AvgIpc) is 3.12. The maximum atomic E-state index is 6.28. The van der Waals surface area contributed by atoms with Gasteiger partial charge in [-0.05, 0) is 67.9 Å². The van der Waals surface area contributed by atoms with E-state index in [-0.39, 0.29) is 0 Å². The number of nitrogens with one attached hydrogen (secondary N) is 1. The van der Waals surface area contributed by atoms with E-state index in [0.29, 0.717) is 28.9 Å². The van der Waals surface area contributed by atoms with Crippen LogP contribution in [-0.2, 0) is 6.54 Å². The normalized spacial score (nSPS) is 11.0. The molecule has 0 unspecified atom stereocenters. The van der Waals surface area contributed by atoms with Crippen molar-refractivity contribution in [3.05, 3.63) is 75.8 Å². The summed E-state index contributed by atoms with van der Waals surface area (Å²) in [5.41, 5.74) is 5.33. The summed E-state index contributed by atoms with van der Waals surface area (Å²) in [5.74, 6) is 0.674. The highest BCUT2D eigenvalue weighted by atomic mass is 35.5. The van der Waals surface area contributed by atoms with E-state index in [1.165, 1.54) is 10.3 Å². The van der Waals surface area contributed by atoms with E-state index in [9.17, 15) is 0 Å². The second-order valence-electron chi connectivity index (χ2n) is 6.73. The van der Waals surface area contributed by atoms with E-state index in [1.807, 2.05) is 13.0 Å². The summed E-state index contributed by atoms with van der Waals surface area (Å²) in [5, 5.41) is 5.56. The minimum Gasteiger partial charge on any atom is -0.492 e. The van der Waals surface area contributed by atoms with Crippen LogP contribution in [0, 0.1) is 6.92 Å². The maximum Gasteiger partial charge on any atom is 0.142 e. The van der Waals surface area contributed by atoms with Gasteiger partial charge in [-0.3, -0.25) is 0 Å². The first-order valence-electron chi connectivity index (χ1n) is 9.35. The Hall–Kier alpha value is -2.27. The summed E-state index contributed by atoms with van der Waals surface area (Å²) in [6, 6.07) is 18.2.